The van der Waals surface area contributed by atoms with Crippen molar-refractivity contribution < 1.29 is 14.6 Å². The van der Waals surface area contributed by atoms with Crippen LogP contribution in [0.1, 0.15) is 24.0 Å². The van der Waals surface area contributed by atoms with Crippen LogP contribution >= 0.6 is 0 Å². The lowest BCUT2D eigenvalue weighted by atomic mass is 10.0. The molecule has 3 N–H and O–H groups in total. The lowest BCUT2D eigenvalue weighted by Gasteiger charge is -2.18. The highest BCUT2D eigenvalue weighted by atomic mass is 16.5. The molecule has 0 bridgehead atoms. The van der Waals surface area contributed by atoms with Gasteiger partial charge in [0.05, 0.1) is 27.4 Å². The quantitative estimate of drug-likeness (QED) is 0.467. The Kier molecular flexibility index (Phi) is 8.45. The molecule has 0 saturated carbocycles. The Bertz CT molecular complexity index is 720. The standard InChI is InChI=1S/C21H29N3O3/c1-4-22-21(24-14-18(15-25)16-9-6-5-7-10-16)23-13-17-11-8-12-19(26-2)20(17)27-3/h5-12,18,25H,4,13-15H2,1-3H3,(H2,22,23,24). The highest BCUT2D eigenvalue weighted by molar-refractivity contribution is 5.79. The molecule has 0 saturated heterocycles. The molecule has 0 heterocycles. The molecule has 2 aromatic rings. The number of aliphatic imine (C=N–C) groups is 1. The minimum atomic E-state index is 0.00131. The van der Waals surface area contributed by atoms with Crippen LogP contribution in [-0.4, -0.2) is 45.0 Å². The third-order valence-electron chi connectivity index (χ3n) is 4.24. The van der Waals surface area contributed by atoms with Crippen LogP contribution in [-0.2, 0) is 6.54 Å². The third kappa shape index (κ3) is 5.89. The first-order chi connectivity index (χ1) is 13.2. The summed E-state index contributed by atoms with van der Waals surface area (Å²) in [6.07, 6.45) is 0. The van der Waals surface area contributed by atoms with E-state index in [1.807, 2.05) is 55.5 Å². The number of nitrogens with one attached hydrogen (secondary N) is 2. The van der Waals surface area contributed by atoms with Crippen LogP contribution in [0.4, 0.5) is 0 Å². The molecule has 0 aliphatic carbocycles. The van der Waals surface area contributed by atoms with E-state index in [-0.39, 0.29) is 12.5 Å². The Morgan fingerprint density at radius 3 is 2.44 bits per heavy atom. The molecular weight excluding hydrogens is 342 g/mol. The van der Waals surface area contributed by atoms with Crippen LogP contribution in [0.25, 0.3) is 0 Å². The van der Waals surface area contributed by atoms with Crippen LogP contribution in [0.15, 0.2) is 53.5 Å². The van der Waals surface area contributed by atoms with Gasteiger partial charge in [-0.05, 0) is 18.6 Å². The number of benzene rings is 2. The summed E-state index contributed by atoms with van der Waals surface area (Å²) in [4.78, 5) is 4.64. The Morgan fingerprint density at radius 2 is 1.81 bits per heavy atom. The molecule has 0 spiro atoms. The lowest BCUT2D eigenvalue weighted by molar-refractivity contribution is 0.265. The minimum Gasteiger partial charge on any atom is -0.493 e. The fourth-order valence-electron chi connectivity index (χ4n) is 2.82. The van der Waals surface area contributed by atoms with Gasteiger partial charge in [0.15, 0.2) is 17.5 Å². The second kappa shape index (κ2) is 11.1. The van der Waals surface area contributed by atoms with Gasteiger partial charge in [-0.15, -0.1) is 0 Å². The van der Waals surface area contributed by atoms with E-state index >= 15 is 0 Å². The predicted molar refractivity (Wildman–Crippen MR) is 109 cm³/mol. The molecule has 27 heavy (non-hydrogen) atoms. The minimum absolute atomic E-state index is 0.00131. The summed E-state index contributed by atoms with van der Waals surface area (Å²) in [5.41, 5.74) is 2.04. The molecular formula is C21H29N3O3. The molecule has 2 rings (SSSR count). The average molecular weight is 371 g/mol. The highest BCUT2D eigenvalue weighted by Crippen LogP contribution is 2.31. The van der Waals surface area contributed by atoms with Crippen molar-refractivity contribution in [3.05, 3.63) is 59.7 Å². The van der Waals surface area contributed by atoms with E-state index in [1.165, 1.54) is 0 Å². The molecule has 146 valence electrons. The molecule has 6 nitrogen and oxygen atoms in total. The summed E-state index contributed by atoms with van der Waals surface area (Å²) in [5.74, 6) is 2.07. The molecule has 2 aromatic carbocycles. The number of aliphatic hydroxyl groups is 1. The smallest absolute Gasteiger partial charge is 0.191 e. The zero-order valence-electron chi connectivity index (χ0n) is 16.2. The van der Waals surface area contributed by atoms with Crippen molar-refractivity contribution in [3.63, 3.8) is 0 Å². The normalized spacial score (nSPS) is 12.4. The number of guanidine groups is 1. The maximum atomic E-state index is 9.73. The monoisotopic (exact) mass is 371 g/mol. The van der Waals surface area contributed by atoms with Gasteiger partial charge in [0.25, 0.3) is 0 Å². The van der Waals surface area contributed by atoms with Gasteiger partial charge in [-0.1, -0.05) is 42.5 Å². The Morgan fingerprint density at radius 1 is 1.04 bits per heavy atom. The van der Waals surface area contributed by atoms with Crippen molar-refractivity contribution in [2.75, 3.05) is 33.9 Å². The van der Waals surface area contributed by atoms with Crippen molar-refractivity contribution >= 4 is 5.96 Å². The third-order valence-corrected chi connectivity index (χ3v) is 4.24. The van der Waals surface area contributed by atoms with Crippen molar-refractivity contribution in [2.45, 2.75) is 19.4 Å². The van der Waals surface area contributed by atoms with E-state index in [0.29, 0.717) is 30.5 Å². The molecule has 1 unspecified atom stereocenters. The number of para-hydroxylation sites is 1. The van der Waals surface area contributed by atoms with E-state index in [9.17, 15) is 5.11 Å². The Labute approximate surface area is 161 Å². The van der Waals surface area contributed by atoms with Gasteiger partial charge in [-0.25, -0.2) is 4.99 Å². The lowest BCUT2D eigenvalue weighted by Crippen LogP contribution is -2.39. The van der Waals surface area contributed by atoms with Crippen LogP contribution in [0.5, 0.6) is 11.5 Å². The average Bonchev–Trinajstić information content (AvgIpc) is 2.72. The number of rotatable bonds is 9. The van der Waals surface area contributed by atoms with Gasteiger partial charge in [-0.2, -0.15) is 0 Å². The van der Waals surface area contributed by atoms with Gasteiger partial charge >= 0.3 is 0 Å². The molecule has 6 heteroatoms. The number of ether oxygens (including phenoxy) is 2. The fraction of sp³-hybridized carbons (Fsp3) is 0.381. The maximum Gasteiger partial charge on any atom is 0.191 e. The van der Waals surface area contributed by atoms with E-state index < -0.39 is 0 Å². The van der Waals surface area contributed by atoms with Crippen molar-refractivity contribution in [1.29, 1.82) is 0 Å². The number of nitrogens with zero attached hydrogens (tertiary/aromatic N) is 1. The van der Waals surface area contributed by atoms with Crippen molar-refractivity contribution in [2.24, 2.45) is 4.99 Å². The first kappa shape index (κ1) is 20.6. The number of hydrogen-bond acceptors (Lipinski definition) is 4. The van der Waals surface area contributed by atoms with E-state index in [2.05, 4.69) is 15.6 Å². The summed E-state index contributed by atoms with van der Waals surface area (Å²) in [7, 11) is 3.25. The van der Waals surface area contributed by atoms with E-state index in [4.69, 9.17) is 9.47 Å². The van der Waals surface area contributed by atoms with Gasteiger partial charge in [0.2, 0.25) is 0 Å². The van der Waals surface area contributed by atoms with Crippen LogP contribution in [0, 0.1) is 0 Å². The number of hydrogen-bond donors (Lipinski definition) is 3. The van der Waals surface area contributed by atoms with Crippen molar-refractivity contribution in [1.82, 2.24) is 10.6 Å². The summed E-state index contributed by atoms with van der Waals surface area (Å²) < 4.78 is 10.8. The van der Waals surface area contributed by atoms with Gasteiger partial charge < -0.3 is 25.2 Å². The molecule has 1 atom stereocenters. The Balaban J connectivity index is 2.08. The number of aliphatic hydroxyl groups excluding tert-OH is 1. The van der Waals surface area contributed by atoms with Gasteiger partial charge in [0.1, 0.15) is 0 Å². The molecule has 0 aliphatic heterocycles. The largest absolute Gasteiger partial charge is 0.493 e. The molecule has 0 amide bonds. The second-order valence-corrected chi connectivity index (χ2v) is 6.02. The summed E-state index contributed by atoms with van der Waals surface area (Å²) in [6.45, 7) is 3.87. The van der Waals surface area contributed by atoms with Gasteiger partial charge in [0, 0.05) is 24.6 Å². The molecule has 0 aliphatic rings. The van der Waals surface area contributed by atoms with Crippen LogP contribution < -0.4 is 20.1 Å². The second-order valence-electron chi connectivity index (χ2n) is 6.02. The fourth-order valence-corrected chi connectivity index (χ4v) is 2.82. The summed E-state index contributed by atoms with van der Waals surface area (Å²) in [6, 6.07) is 15.7. The zero-order valence-corrected chi connectivity index (χ0v) is 16.2. The Hall–Kier alpha value is -2.73. The van der Waals surface area contributed by atoms with E-state index in [1.54, 1.807) is 14.2 Å². The maximum absolute atomic E-state index is 9.73. The summed E-state index contributed by atoms with van der Waals surface area (Å²) >= 11 is 0. The summed E-state index contributed by atoms with van der Waals surface area (Å²) in [5, 5.41) is 16.3. The van der Waals surface area contributed by atoms with Gasteiger partial charge in [-0.3, -0.25) is 0 Å². The molecule has 0 radical (unpaired) electrons. The SMILES string of the molecule is CCNC(=NCc1cccc(OC)c1OC)NCC(CO)c1ccccc1. The van der Waals surface area contributed by atoms with Crippen LogP contribution in [0.2, 0.25) is 0 Å². The zero-order chi connectivity index (χ0) is 19.5. The predicted octanol–water partition coefficient (Wildman–Crippen LogP) is 2.54. The van der Waals surface area contributed by atoms with Crippen LogP contribution in [0.3, 0.4) is 0 Å². The topological polar surface area (TPSA) is 75.1 Å². The number of methoxy groups -OCH3 is 2. The molecule has 0 fully saturated rings. The highest BCUT2D eigenvalue weighted by Gasteiger charge is 2.12. The molecule has 0 aromatic heterocycles. The van der Waals surface area contributed by atoms with Crippen molar-refractivity contribution in [3.8, 4) is 11.5 Å². The first-order valence-corrected chi connectivity index (χ1v) is 9.11. The first-order valence-electron chi connectivity index (χ1n) is 9.11. The van der Waals surface area contributed by atoms with E-state index in [0.717, 1.165) is 17.7 Å².